The van der Waals surface area contributed by atoms with Crippen molar-refractivity contribution in [2.75, 3.05) is 40.8 Å². The summed E-state index contributed by atoms with van der Waals surface area (Å²) in [5.41, 5.74) is 2.14. The van der Waals surface area contributed by atoms with Crippen molar-refractivity contribution in [3.63, 3.8) is 0 Å². The number of aryl methyl sites for hydroxylation is 2. The van der Waals surface area contributed by atoms with E-state index in [4.69, 9.17) is 9.47 Å². The average molecular weight is 489 g/mol. The Hall–Kier alpha value is -2.42. The van der Waals surface area contributed by atoms with Crippen molar-refractivity contribution in [2.24, 2.45) is 0 Å². The number of carbonyl (C=O) groups excluding carboxylic acids is 1. The van der Waals surface area contributed by atoms with Crippen LogP contribution in [0.3, 0.4) is 0 Å². The lowest BCUT2D eigenvalue weighted by Crippen LogP contribution is -2.35. The largest absolute Gasteiger partial charge is 0.497 e. The second-order valence-electron chi connectivity index (χ2n) is 9.15. The Morgan fingerprint density at radius 1 is 1.06 bits per heavy atom. The summed E-state index contributed by atoms with van der Waals surface area (Å²) in [5.74, 6) is 1.44. The maximum absolute atomic E-state index is 13.1. The van der Waals surface area contributed by atoms with E-state index in [2.05, 4.69) is 11.9 Å². The molecular formula is C26H36N2O5S. The number of piperidine rings is 1. The van der Waals surface area contributed by atoms with Gasteiger partial charge in [-0.05, 0) is 74.7 Å². The second-order valence-corrected chi connectivity index (χ2v) is 11.1. The van der Waals surface area contributed by atoms with Gasteiger partial charge in [-0.15, -0.1) is 0 Å². The molecule has 0 unspecified atom stereocenters. The molecule has 1 heterocycles. The third kappa shape index (κ3) is 6.58. The molecule has 0 bridgehead atoms. The van der Waals surface area contributed by atoms with E-state index in [1.807, 2.05) is 24.3 Å². The molecule has 1 saturated heterocycles. The molecule has 0 amide bonds. The van der Waals surface area contributed by atoms with E-state index in [0.29, 0.717) is 16.9 Å². The summed E-state index contributed by atoms with van der Waals surface area (Å²) in [7, 11) is 1.48. The molecule has 0 atom stereocenters. The quantitative estimate of drug-likeness (QED) is 0.509. The lowest BCUT2D eigenvalue weighted by atomic mass is 10.1. The fourth-order valence-electron chi connectivity index (χ4n) is 4.29. The lowest BCUT2D eigenvalue weighted by molar-refractivity contribution is -0.118. The SMILES string of the molecule is COc1cc(C)c(S(=O)(=O)N(C)CCC(=O)Cc2ccc(OC3CCN(C)CC3)cc2)c(C)c1. The Kier molecular flexibility index (Phi) is 8.73. The van der Waals surface area contributed by atoms with Gasteiger partial charge in [-0.1, -0.05) is 12.1 Å². The number of nitrogens with zero attached hydrogens (tertiary/aromatic N) is 2. The van der Waals surface area contributed by atoms with Crippen LogP contribution < -0.4 is 9.47 Å². The highest BCUT2D eigenvalue weighted by Crippen LogP contribution is 2.28. The van der Waals surface area contributed by atoms with Gasteiger partial charge in [0.25, 0.3) is 0 Å². The van der Waals surface area contributed by atoms with E-state index >= 15 is 0 Å². The van der Waals surface area contributed by atoms with E-state index < -0.39 is 10.0 Å². The van der Waals surface area contributed by atoms with Crippen molar-refractivity contribution in [2.45, 2.75) is 50.5 Å². The Morgan fingerprint density at radius 3 is 2.21 bits per heavy atom. The smallest absolute Gasteiger partial charge is 0.243 e. The number of sulfonamides is 1. The molecule has 8 heteroatoms. The summed E-state index contributed by atoms with van der Waals surface area (Å²) in [6, 6.07) is 11.1. The first kappa shape index (κ1) is 26.2. The van der Waals surface area contributed by atoms with Crippen LogP contribution in [0, 0.1) is 13.8 Å². The number of hydrogen-bond donors (Lipinski definition) is 0. The second kappa shape index (κ2) is 11.3. The van der Waals surface area contributed by atoms with Crippen molar-refractivity contribution in [3.05, 3.63) is 53.1 Å². The van der Waals surface area contributed by atoms with Crippen molar-refractivity contribution in [1.82, 2.24) is 9.21 Å². The van der Waals surface area contributed by atoms with Crippen LogP contribution in [0.5, 0.6) is 11.5 Å². The van der Waals surface area contributed by atoms with Crippen molar-refractivity contribution in [1.29, 1.82) is 0 Å². The Morgan fingerprint density at radius 2 is 1.65 bits per heavy atom. The van der Waals surface area contributed by atoms with Crippen LogP contribution in [0.2, 0.25) is 0 Å². The number of hydrogen-bond acceptors (Lipinski definition) is 6. The fraction of sp³-hybridized carbons (Fsp3) is 0.500. The standard InChI is InChI=1S/C26H36N2O5S/c1-19-16-25(32-5)17-20(2)26(19)34(30,31)28(4)15-10-22(29)18-21-6-8-23(9-7-21)33-24-11-13-27(3)14-12-24/h6-9,16-17,24H,10-15,18H2,1-5H3. The van der Waals surface area contributed by atoms with Gasteiger partial charge in [-0.25, -0.2) is 12.7 Å². The van der Waals surface area contributed by atoms with Crippen LogP contribution >= 0.6 is 0 Å². The van der Waals surface area contributed by atoms with Crippen molar-refractivity contribution in [3.8, 4) is 11.5 Å². The van der Waals surface area contributed by atoms with E-state index in [-0.39, 0.29) is 36.2 Å². The van der Waals surface area contributed by atoms with E-state index in [1.54, 1.807) is 33.1 Å². The number of carbonyl (C=O) groups is 1. The molecule has 0 spiro atoms. The van der Waals surface area contributed by atoms with Crippen LogP contribution in [0.15, 0.2) is 41.3 Å². The summed E-state index contributed by atoms with van der Waals surface area (Å²) < 4.78 is 38.8. The zero-order valence-electron chi connectivity index (χ0n) is 20.8. The number of likely N-dealkylation sites (tertiary alicyclic amines) is 1. The van der Waals surface area contributed by atoms with Gasteiger partial charge in [0.05, 0.1) is 12.0 Å². The zero-order chi connectivity index (χ0) is 24.9. The van der Waals surface area contributed by atoms with Crippen molar-refractivity contribution < 1.29 is 22.7 Å². The molecule has 0 saturated carbocycles. The van der Waals surface area contributed by atoms with Gasteiger partial charge in [-0.3, -0.25) is 4.79 Å². The van der Waals surface area contributed by atoms with Crippen LogP contribution in [-0.2, 0) is 21.2 Å². The molecule has 3 rings (SSSR count). The van der Waals surface area contributed by atoms with E-state index in [9.17, 15) is 13.2 Å². The number of ketones is 1. The van der Waals surface area contributed by atoms with Gasteiger partial charge >= 0.3 is 0 Å². The fourth-order valence-corrected chi connectivity index (χ4v) is 5.87. The van der Waals surface area contributed by atoms with Gasteiger partial charge in [0.15, 0.2) is 0 Å². The van der Waals surface area contributed by atoms with Gasteiger partial charge in [0, 0.05) is 39.5 Å². The molecule has 186 valence electrons. The van der Waals surface area contributed by atoms with E-state index in [1.165, 1.54) is 11.4 Å². The monoisotopic (exact) mass is 488 g/mol. The minimum atomic E-state index is -3.71. The van der Waals surface area contributed by atoms with E-state index in [0.717, 1.165) is 37.2 Å². The minimum Gasteiger partial charge on any atom is -0.497 e. The molecule has 2 aromatic rings. The lowest BCUT2D eigenvalue weighted by Gasteiger charge is -2.29. The molecule has 0 aromatic heterocycles. The minimum absolute atomic E-state index is 0.00536. The number of rotatable bonds is 10. The summed E-state index contributed by atoms with van der Waals surface area (Å²) in [6.07, 6.45) is 2.69. The van der Waals surface area contributed by atoms with Crippen LogP contribution in [0.25, 0.3) is 0 Å². The number of benzene rings is 2. The van der Waals surface area contributed by atoms with Gasteiger partial charge in [0.1, 0.15) is 23.4 Å². The van der Waals surface area contributed by atoms with Crippen LogP contribution in [0.1, 0.15) is 36.0 Å². The Balaban J connectivity index is 1.53. The molecule has 0 radical (unpaired) electrons. The topological polar surface area (TPSA) is 76.2 Å². The highest BCUT2D eigenvalue weighted by atomic mass is 32.2. The normalized spacial score (nSPS) is 15.5. The molecular weight excluding hydrogens is 452 g/mol. The summed E-state index contributed by atoms with van der Waals surface area (Å²) in [5, 5.41) is 0. The average Bonchev–Trinajstić information content (AvgIpc) is 2.79. The molecule has 1 fully saturated rings. The van der Waals surface area contributed by atoms with Crippen LogP contribution in [0.4, 0.5) is 0 Å². The molecule has 34 heavy (non-hydrogen) atoms. The number of ether oxygens (including phenoxy) is 2. The molecule has 1 aliphatic rings. The molecule has 0 N–H and O–H groups in total. The molecule has 2 aromatic carbocycles. The molecule has 7 nitrogen and oxygen atoms in total. The highest BCUT2D eigenvalue weighted by molar-refractivity contribution is 7.89. The number of methoxy groups -OCH3 is 1. The predicted molar refractivity (Wildman–Crippen MR) is 133 cm³/mol. The van der Waals surface area contributed by atoms with Gasteiger partial charge in [-0.2, -0.15) is 0 Å². The zero-order valence-corrected chi connectivity index (χ0v) is 21.7. The van der Waals surface area contributed by atoms with Crippen molar-refractivity contribution >= 4 is 15.8 Å². The maximum Gasteiger partial charge on any atom is 0.243 e. The van der Waals surface area contributed by atoms with Crippen LogP contribution in [-0.4, -0.2) is 70.3 Å². The first-order chi connectivity index (χ1) is 16.1. The molecule has 0 aliphatic carbocycles. The predicted octanol–water partition coefficient (Wildman–Crippen LogP) is 3.61. The number of Topliss-reactive ketones (excluding diaryl/α,β-unsaturated/α-hetero) is 1. The first-order valence-electron chi connectivity index (χ1n) is 11.7. The Labute approximate surface area is 203 Å². The summed E-state index contributed by atoms with van der Waals surface area (Å²) in [4.78, 5) is 15.1. The van der Waals surface area contributed by atoms with Gasteiger partial charge in [0.2, 0.25) is 10.0 Å². The Bertz CT molecular complexity index is 1070. The summed E-state index contributed by atoms with van der Waals surface area (Å²) >= 11 is 0. The van der Waals surface area contributed by atoms with Gasteiger partial charge < -0.3 is 14.4 Å². The first-order valence-corrected chi connectivity index (χ1v) is 13.1. The molecule has 1 aliphatic heterocycles. The third-order valence-corrected chi connectivity index (χ3v) is 8.50. The highest BCUT2D eigenvalue weighted by Gasteiger charge is 2.26. The maximum atomic E-state index is 13.1. The third-order valence-electron chi connectivity index (χ3n) is 6.34. The summed E-state index contributed by atoms with van der Waals surface area (Å²) in [6.45, 7) is 5.71.